The highest BCUT2D eigenvalue weighted by Gasteiger charge is 2.10. The third-order valence-corrected chi connectivity index (χ3v) is 3.35. The number of hydrogen-bond acceptors (Lipinski definition) is 3. The lowest BCUT2D eigenvalue weighted by atomic mass is 10.1. The molecule has 4 heteroatoms. The van der Waals surface area contributed by atoms with Crippen LogP contribution in [-0.2, 0) is 0 Å². The SMILES string of the molecule is N#Cc1ccc2scc(Cl)c2c1C=O. The van der Waals surface area contributed by atoms with Crippen molar-refractivity contribution in [3.63, 3.8) is 0 Å². The monoisotopic (exact) mass is 221 g/mol. The Kier molecular flexibility index (Phi) is 2.24. The highest BCUT2D eigenvalue weighted by Crippen LogP contribution is 2.33. The number of aldehydes is 1. The number of nitriles is 1. The van der Waals surface area contributed by atoms with Crippen LogP contribution >= 0.6 is 22.9 Å². The fourth-order valence-corrected chi connectivity index (χ4v) is 2.56. The molecular weight excluding hydrogens is 218 g/mol. The maximum absolute atomic E-state index is 10.8. The molecule has 0 aliphatic heterocycles. The molecule has 2 nitrogen and oxygen atoms in total. The molecule has 0 saturated carbocycles. The largest absolute Gasteiger partial charge is 0.298 e. The number of halogens is 1. The van der Waals surface area contributed by atoms with Gasteiger partial charge in [-0.25, -0.2) is 0 Å². The smallest absolute Gasteiger partial charge is 0.152 e. The summed E-state index contributed by atoms with van der Waals surface area (Å²) in [5, 5.41) is 11.8. The molecule has 0 aliphatic rings. The fraction of sp³-hybridized carbons (Fsp3) is 0. The number of fused-ring (bicyclic) bond motifs is 1. The Morgan fingerprint density at radius 3 is 2.93 bits per heavy atom. The molecule has 2 rings (SSSR count). The van der Waals surface area contributed by atoms with E-state index in [0.717, 1.165) is 4.70 Å². The van der Waals surface area contributed by atoms with E-state index in [1.165, 1.54) is 11.3 Å². The molecule has 0 aliphatic carbocycles. The van der Waals surface area contributed by atoms with E-state index >= 15 is 0 Å². The van der Waals surface area contributed by atoms with E-state index in [0.29, 0.717) is 27.8 Å². The van der Waals surface area contributed by atoms with Gasteiger partial charge in [0.2, 0.25) is 0 Å². The number of hydrogen-bond donors (Lipinski definition) is 0. The van der Waals surface area contributed by atoms with Gasteiger partial charge in [-0.2, -0.15) is 5.26 Å². The van der Waals surface area contributed by atoms with Crippen LogP contribution in [0.15, 0.2) is 17.5 Å². The molecule has 0 fully saturated rings. The number of carbonyl (C=O) groups excluding carboxylic acids is 1. The van der Waals surface area contributed by atoms with Crippen molar-refractivity contribution in [2.75, 3.05) is 0 Å². The second-order valence-corrected chi connectivity index (χ2v) is 4.03. The predicted octanol–water partition coefficient (Wildman–Crippen LogP) is 3.24. The summed E-state index contributed by atoms with van der Waals surface area (Å²) in [6.07, 6.45) is 0.680. The molecule has 0 unspecified atom stereocenters. The van der Waals surface area contributed by atoms with Crippen molar-refractivity contribution in [3.8, 4) is 6.07 Å². The quantitative estimate of drug-likeness (QED) is 0.694. The van der Waals surface area contributed by atoms with Gasteiger partial charge >= 0.3 is 0 Å². The maximum Gasteiger partial charge on any atom is 0.152 e. The summed E-state index contributed by atoms with van der Waals surface area (Å²) in [7, 11) is 0. The number of thiophene rings is 1. The van der Waals surface area contributed by atoms with Crippen molar-refractivity contribution >= 4 is 39.3 Å². The molecule has 0 saturated heterocycles. The van der Waals surface area contributed by atoms with E-state index in [-0.39, 0.29) is 0 Å². The summed E-state index contributed by atoms with van der Waals surface area (Å²) in [6, 6.07) is 5.41. The van der Waals surface area contributed by atoms with Crippen molar-refractivity contribution in [2.24, 2.45) is 0 Å². The van der Waals surface area contributed by atoms with Gasteiger partial charge in [-0.3, -0.25) is 4.79 Å². The predicted molar refractivity (Wildman–Crippen MR) is 56.9 cm³/mol. The molecule has 0 amide bonds. The first-order chi connectivity index (χ1) is 6.77. The number of rotatable bonds is 1. The average Bonchev–Trinajstić information content (AvgIpc) is 2.59. The van der Waals surface area contributed by atoms with Crippen LogP contribution in [0, 0.1) is 11.3 Å². The highest BCUT2D eigenvalue weighted by atomic mass is 35.5. The Hall–Kier alpha value is -1.37. The Labute approximate surface area is 89.3 Å². The maximum atomic E-state index is 10.8. The first kappa shape index (κ1) is 9.20. The summed E-state index contributed by atoms with van der Waals surface area (Å²) >= 11 is 7.39. The van der Waals surface area contributed by atoms with Gasteiger partial charge < -0.3 is 0 Å². The van der Waals surface area contributed by atoms with Gasteiger partial charge in [0.05, 0.1) is 16.7 Å². The molecule has 68 valence electrons. The molecule has 0 atom stereocenters. The first-order valence-corrected chi connectivity index (χ1v) is 5.08. The lowest BCUT2D eigenvalue weighted by Gasteiger charge is -1.97. The van der Waals surface area contributed by atoms with Crippen molar-refractivity contribution < 1.29 is 4.79 Å². The molecule has 1 aromatic heterocycles. The molecule has 1 heterocycles. The van der Waals surface area contributed by atoms with Crippen LogP contribution in [-0.4, -0.2) is 6.29 Å². The van der Waals surface area contributed by atoms with E-state index in [9.17, 15) is 4.79 Å². The number of benzene rings is 1. The minimum Gasteiger partial charge on any atom is -0.298 e. The van der Waals surface area contributed by atoms with Crippen LogP contribution in [0.5, 0.6) is 0 Å². The fourth-order valence-electron chi connectivity index (χ4n) is 1.34. The van der Waals surface area contributed by atoms with Crippen LogP contribution in [0.1, 0.15) is 15.9 Å². The van der Waals surface area contributed by atoms with Gasteiger partial charge in [-0.1, -0.05) is 11.6 Å². The second kappa shape index (κ2) is 3.41. The van der Waals surface area contributed by atoms with Gasteiger partial charge in [-0.05, 0) is 12.1 Å². The van der Waals surface area contributed by atoms with Gasteiger partial charge in [0.1, 0.15) is 0 Å². The van der Waals surface area contributed by atoms with Crippen molar-refractivity contribution in [3.05, 3.63) is 33.7 Å². The minimum atomic E-state index is 0.368. The van der Waals surface area contributed by atoms with E-state index < -0.39 is 0 Å². The van der Waals surface area contributed by atoms with Gasteiger partial charge in [-0.15, -0.1) is 11.3 Å². The molecule has 0 radical (unpaired) electrons. The number of nitrogens with zero attached hydrogens (tertiary/aromatic N) is 1. The summed E-state index contributed by atoms with van der Waals surface area (Å²) in [5.41, 5.74) is 0.754. The molecule has 14 heavy (non-hydrogen) atoms. The van der Waals surface area contributed by atoms with Gasteiger partial charge in [0.25, 0.3) is 0 Å². The zero-order valence-electron chi connectivity index (χ0n) is 6.95. The average molecular weight is 222 g/mol. The third kappa shape index (κ3) is 1.20. The first-order valence-electron chi connectivity index (χ1n) is 3.83. The second-order valence-electron chi connectivity index (χ2n) is 2.71. The zero-order chi connectivity index (χ0) is 10.1. The topological polar surface area (TPSA) is 40.9 Å². The van der Waals surface area contributed by atoms with E-state index in [2.05, 4.69) is 0 Å². The van der Waals surface area contributed by atoms with Crippen LogP contribution in [0.4, 0.5) is 0 Å². The van der Waals surface area contributed by atoms with Crippen molar-refractivity contribution in [2.45, 2.75) is 0 Å². The number of carbonyl (C=O) groups is 1. The summed E-state index contributed by atoms with van der Waals surface area (Å²) < 4.78 is 0.927. The standard InChI is InChI=1S/C10H4ClNOS/c11-8-5-14-9-2-1-6(3-12)7(4-13)10(8)9/h1-2,4-5H. The molecule has 2 aromatic rings. The van der Waals surface area contributed by atoms with E-state index in [1.54, 1.807) is 17.5 Å². The van der Waals surface area contributed by atoms with Crippen LogP contribution < -0.4 is 0 Å². The Balaban J connectivity index is 2.97. The Bertz CT molecular complexity index is 553. The van der Waals surface area contributed by atoms with E-state index in [1.807, 2.05) is 6.07 Å². The minimum absolute atomic E-state index is 0.368. The summed E-state index contributed by atoms with van der Waals surface area (Å²) in [5.74, 6) is 0. The van der Waals surface area contributed by atoms with Crippen molar-refractivity contribution in [1.29, 1.82) is 5.26 Å². The molecule has 0 bridgehead atoms. The van der Waals surface area contributed by atoms with Crippen LogP contribution in [0.25, 0.3) is 10.1 Å². The van der Waals surface area contributed by atoms with Crippen LogP contribution in [0.3, 0.4) is 0 Å². The molecule has 0 spiro atoms. The van der Waals surface area contributed by atoms with Gasteiger partial charge in [0, 0.05) is 21.0 Å². The van der Waals surface area contributed by atoms with E-state index in [4.69, 9.17) is 16.9 Å². The third-order valence-electron chi connectivity index (χ3n) is 1.97. The Morgan fingerprint density at radius 1 is 1.50 bits per heavy atom. The van der Waals surface area contributed by atoms with Crippen LogP contribution in [0.2, 0.25) is 5.02 Å². The zero-order valence-corrected chi connectivity index (χ0v) is 8.52. The Morgan fingerprint density at radius 2 is 2.29 bits per heavy atom. The van der Waals surface area contributed by atoms with Gasteiger partial charge in [0.15, 0.2) is 6.29 Å². The van der Waals surface area contributed by atoms with Crippen molar-refractivity contribution in [1.82, 2.24) is 0 Å². The molecule has 0 N–H and O–H groups in total. The highest BCUT2D eigenvalue weighted by molar-refractivity contribution is 7.17. The summed E-state index contributed by atoms with van der Waals surface area (Å²) in [4.78, 5) is 10.8. The summed E-state index contributed by atoms with van der Waals surface area (Å²) in [6.45, 7) is 0. The molecular formula is C10H4ClNOS. The normalized spacial score (nSPS) is 10.0. The molecule has 1 aromatic carbocycles. The lowest BCUT2D eigenvalue weighted by molar-refractivity contribution is 0.112. The lowest BCUT2D eigenvalue weighted by Crippen LogP contribution is -1.87.